The van der Waals surface area contributed by atoms with E-state index in [1.807, 2.05) is 6.92 Å². The molecule has 0 bridgehead atoms. The average molecular weight is 344 g/mol. The van der Waals surface area contributed by atoms with Crippen LogP contribution in [0.4, 0.5) is 5.88 Å². The Labute approximate surface area is 145 Å². The molecular formula is C17H20N4O4. The van der Waals surface area contributed by atoms with Crippen LogP contribution >= 0.6 is 0 Å². The predicted molar refractivity (Wildman–Crippen MR) is 90.3 cm³/mol. The summed E-state index contributed by atoms with van der Waals surface area (Å²) in [6, 6.07) is 0.277. The smallest absolute Gasteiger partial charge is 0.316 e. The lowest BCUT2D eigenvalue weighted by Crippen LogP contribution is -2.15. The van der Waals surface area contributed by atoms with Gasteiger partial charge >= 0.3 is 6.01 Å². The Morgan fingerprint density at radius 1 is 1.32 bits per heavy atom. The second kappa shape index (κ2) is 7.89. The first-order chi connectivity index (χ1) is 12.2. The van der Waals surface area contributed by atoms with Gasteiger partial charge in [-0.1, -0.05) is 5.16 Å². The molecule has 1 aliphatic heterocycles. The molecule has 1 N–H and O–H groups in total. The minimum Gasteiger partial charge on any atom is -0.467 e. The summed E-state index contributed by atoms with van der Waals surface area (Å²) in [5.74, 6) is 0.380. The number of nitrogens with one attached hydrogen (secondary N) is 1. The molecule has 2 aromatic heterocycles. The molecule has 0 aliphatic carbocycles. The van der Waals surface area contributed by atoms with Crippen LogP contribution in [0.25, 0.3) is 6.08 Å². The number of rotatable bonds is 5. The van der Waals surface area contributed by atoms with E-state index >= 15 is 0 Å². The Morgan fingerprint density at radius 3 is 2.72 bits per heavy atom. The second-order valence-corrected chi connectivity index (χ2v) is 5.73. The Morgan fingerprint density at radius 2 is 2.04 bits per heavy atom. The van der Waals surface area contributed by atoms with Crippen molar-refractivity contribution >= 4 is 17.9 Å². The van der Waals surface area contributed by atoms with Gasteiger partial charge in [0.1, 0.15) is 0 Å². The number of hydrogen-bond donors (Lipinski definition) is 1. The van der Waals surface area contributed by atoms with Crippen molar-refractivity contribution in [3.63, 3.8) is 0 Å². The lowest BCUT2D eigenvalue weighted by atomic mass is 9.94. The number of hydrogen-bond acceptors (Lipinski definition) is 7. The number of nitrogens with zero attached hydrogens (tertiary/aromatic N) is 3. The number of amides is 1. The molecule has 1 amide bonds. The van der Waals surface area contributed by atoms with E-state index in [1.54, 1.807) is 18.5 Å². The lowest BCUT2D eigenvalue weighted by molar-refractivity contribution is -0.112. The summed E-state index contributed by atoms with van der Waals surface area (Å²) >= 11 is 0. The maximum atomic E-state index is 12.1. The molecule has 1 aliphatic rings. The normalized spacial score (nSPS) is 15.4. The highest BCUT2D eigenvalue weighted by molar-refractivity contribution is 6.01. The number of aromatic nitrogens is 3. The molecule has 0 spiro atoms. The summed E-state index contributed by atoms with van der Waals surface area (Å²) in [6.07, 6.45) is 7.97. The van der Waals surface area contributed by atoms with Crippen molar-refractivity contribution in [1.29, 1.82) is 0 Å². The van der Waals surface area contributed by atoms with Gasteiger partial charge in [0, 0.05) is 48.7 Å². The van der Waals surface area contributed by atoms with E-state index in [4.69, 9.17) is 14.0 Å². The molecule has 1 fully saturated rings. The first-order valence-electron chi connectivity index (χ1n) is 8.06. The molecular weight excluding hydrogens is 324 g/mol. The van der Waals surface area contributed by atoms with Crippen molar-refractivity contribution in [3.8, 4) is 6.01 Å². The van der Waals surface area contributed by atoms with E-state index in [2.05, 4.69) is 20.4 Å². The molecule has 1 saturated heterocycles. The van der Waals surface area contributed by atoms with Crippen LogP contribution in [0.2, 0.25) is 0 Å². The van der Waals surface area contributed by atoms with Crippen LogP contribution in [-0.2, 0) is 9.53 Å². The third-order valence-electron chi connectivity index (χ3n) is 4.06. The van der Waals surface area contributed by atoms with Gasteiger partial charge in [-0.25, -0.2) is 9.97 Å². The topological polar surface area (TPSA) is 99.4 Å². The van der Waals surface area contributed by atoms with Crippen molar-refractivity contribution in [2.45, 2.75) is 25.7 Å². The molecule has 8 heteroatoms. The van der Waals surface area contributed by atoms with Crippen LogP contribution < -0.4 is 10.1 Å². The van der Waals surface area contributed by atoms with Crippen molar-refractivity contribution in [1.82, 2.24) is 15.1 Å². The predicted octanol–water partition coefficient (Wildman–Crippen LogP) is 2.33. The molecule has 3 heterocycles. The molecule has 25 heavy (non-hydrogen) atoms. The molecule has 8 nitrogen and oxygen atoms in total. The molecule has 132 valence electrons. The zero-order valence-electron chi connectivity index (χ0n) is 14.2. The summed E-state index contributed by atoms with van der Waals surface area (Å²) in [6.45, 7) is 3.36. The number of methoxy groups -OCH3 is 1. The lowest BCUT2D eigenvalue weighted by Gasteiger charge is -2.20. The van der Waals surface area contributed by atoms with Gasteiger partial charge in [-0.2, -0.15) is 0 Å². The first kappa shape index (κ1) is 17.1. The molecule has 0 radical (unpaired) electrons. The maximum absolute atomic E-state index is 12.1. The zero-order valence-corrected chi connectivity index (χ0v) is 14.2. The number of carbonyl (C=O) groups excluding carboxylic acids is 1. The van der Waals surface area contributed by atoms with Gasteiger partial charge in [0.2, 0.25) is 5.88 Å². The quantitative estimate of drug-likeness (QED) is 0.831. The SMILES string of the molecule is COc1ncc(/C=C/C(=O)Nc2onc(C3CCOCC3)c2C)cn1. The Bertz CT molecular complexity index is 749. The maximum Gasteiger partial charge on any atom is 0.316 e. The average Bonchev–Trinajstić information content (AvgIpc) is 3.01. The van der Waals surface area contributed by atoms with E-state index in [9.17, 15) is 4.79 Å². The molecule has 0 saturated carbocycles. The van der Waals surface area contributed by atoms with E-state index in [0.29, 0.717) is 17.4 Å². The molecule has 0 unspecified atom stereocenters. The summed E-state index contributed by atoms with van der Waals surface area (Å²) < 4.78 is 15.6. The van der Waals surface area contributed by atoms with Gasteiger partial charge in [0.05, 0.1) is 12.8 Å². The highest BCUT2D eigenvalue weighted by Gasteiger charge is 2.23. The van der Waals surface area contributed by atoms with E-state index in [-0.39, 0.29) is 11.9 Å². The second-order valence-electron chi connectivity index (χ2n) is 5.73. The standard InChI is InChI=1S/C17H20N4O4/c1-11-15(13-5-7-24-8-6-13)21-25-16(11)20-14(22)4-3-12-9-18-17(23-2)19-10-12/h3-4,9-10,13H,5-8H2,1-2H3,(H,20,22)/b4-3+. The van der Waals surface area contributed by atoms with Gasteiger partial charge in [0.15, 0.2) is 0 Å². The molecule has 0 atom stereocenters. The number of carbonyl (C=O) groups is 1. The fourth-order valence-corrected chi connectivity index (χ4v) is 2.66. The summed E-state index contributed by atoms with van der Waals surface area (Å²) in [7, 11) is 1.49. The third kappa shape index (κ3) is 4.21. The van der Waals surface area contributed by atoms with Gasteiger partial charge in [-0.15, -0.1) is 0 Å². The van der Waals surface area contributed by atoms with Crippen molar-refractivity contribution in [2.75, 3.05) is 25.6 Å². The zero-order chi connectivity index (χ0) is 17.6. The van der Waals surface area contributed by atoms with Gasteiger partial charge < -0.3 is 14.0 Å². The summed E-state index contributed by atoms with van der Waals surface area (Å²) in [5.41, 5.74) is 2.45. The summed E-state index contributed by atoms with van der Waals surface area (Å²) in [4.78, 5) is 20.0. The third-order valence-corrected chi connectivity index (χ3v) is 4.06. The van der Waals surface area contributed by atoms with E-state index < -0.39 is 0 Å². The molecule has 0 aromatic carbocycles. The highest BCUT2D eigenvalue weighted by atomic mass is 16.5. The Balaban J connectivity index is 1.62. The monoisotopic (exact) mass is 344 g/mol. The fraction of sp³-hybridized carbons (Fsp3) is 0.412. The first-order valence-corrected chi connectivity index (χ1v) is 8.06. The minimum absolute atomic E-state index is 0.277. The largest absolute Gasteiger partial charge is 0.467 e. The Hall–Kier alpha value is -2.74. The van der Waals surface area contributed by atoms with Gasteiger partial charge in [-0.05, 0) is 25.8 Å². The van der Waals surface area contributed by atoms with Crippen molar-refractivity contribution < 1.29 is 18.8 Å². The van der Waals surface area contributed by atoms with Crippen molar-refractivity contribution in [2.24, 2.45) is 0 Å². The fourth-order valence-electron chi connectivity index (χ4n) is 2.66. The van der Waals surface area contributed by atoms with Crippen LogP contribution in [0.3, 0.4) is 0 Å². The van der Waals surface area contributed by atoms with E-state index in [0.717, 1.165) is 37.3 Å². The summed E-state index contributed by atoms with van der Waals surface area (Å²) in [5, 5.41) is 6.84. The van der Waals surface area contributed by atoms with Crippen LogP contribution in [0.15, 0.2) is 23.0 Å². The Kier molecular flexibility index (Phi) is 5.39. The van der Waals surface area contributed by atoms with Crippen LogP contribution in [0.1, 0.15) is 35.6 Å². The molecule has 2 aromatic rings. The molecule has 3 rings (SSSR count). The number of ether oxygens (including phenoxy) is 2. The van der Waals surface area contributed by atoms with Gasteiger partial charge in [-0.3, -0.25) is 10.1 Å². The van der Waals surface area contributed by atoms with Crippen molar-refractivity contribution in [3.05, 3.63) is 35.3 Å². The number of anilines is 1. The van der Waals surface area contributed by atoms with E-state index in [1.165, 1.54) is 13.2 Å². The highest BCUT2D eigenvalue weighted by Crippen LogP contribution is 2.31. The van der Waals surface area contributed by atoms with Gasteiger partial charge in [0.25, 0.3) is 5.91 Å². The minimum atomic E-state index is -0.311. The van der Waals surface area contributed by atoms with Crippen LogP contribution in [-0.4, -0.2) is 41.4 Å². The van der Waals surface area contributed by atoms with Crippen LogP contribution in [0.5, 0.6) is 6.01 Å². The van der Waals surface area contributed by atoms with Crippen LogP contribution in [0, 0.1) is 6.92 Å².